The van der Waals surface area contributed by atoms with Gasteiger partial charge in [-0.05, 0) is 25.1 Å². The molecule has 0 aliphatic rings. The van der Waals surface area contributed by atoms with Gasteiger partial charge >= 0.3 is 6.61 Å². The Bertz CT molecular complexity index is 1130. The second-order valence-corrected chi connectivity index (χ2v) is 5.84. The number of para-hydroxylation sites is 1. The lowest BCUT2D eigenvalue weighted by molar-refractivity contribution is -0.0499. The maximum atomic E-state index is 12.6. The van der Waals surface area contributed by atoms with Crippen LogP contribution in [-0.4, -0.2) is 28.0 Å². The zero-order valence-corrected chi connectivity index (χ0v) is 15.0. The molecule has 2 aromatic carbocycles. The minimum absolute atomic E-state index is 0.0198. The van der Waals surface area contributed by atoms with E-state index in [9.17, 15) is 18.4 Å². The van der Waals surface area contributed by atoms with Crippen LogP contribution in [0.15, 0.2) is 58.4 Å². The van der Waals surface area contributed by atoms with E-state index in [0.29, 0.717) is 16.3 Å². The second kappa shape index (κ2) is 7.95. The van der Waals surface area contributed by atoms with Crippen molar-refractivity contribution in [3.63, 3.8) is 0 Å². The number of rotatable bonds is 5. The first kappa shape index (κ1) is 19.2. The van der Waals surface area contributed by atoms with Crippen molar-refractivity contribution >= 4 is 22.4 Å². The van der Waals surface area contributed by atoms with Crippen LogP contribution >= 0.6 is 0 Å². The van der Waals surface area contributed by atoms with E-state index in [4.69, 9.17) is 0 Å². The van der Waals surface area contributed by atoms with Crippen molar-refractivity contribution in [2.75, 3.05) is 0 Å². The molecule has 0 bridgehead atoms. The highest BCUT2D eigenvalue weighted by atomic mass is 19.3. The summed E-state index contributed by atoms with van der Waals surface area (Å²) in [6.07, 6.45) is 0. The first-order chi connectivity index (χ1) is 13.4. The SMILES string of the molecule is C/C(=N\NC(=O)c1nn(C)c(=O)c2ccccc12)c1ccccc1OC(F)F. The van der Waals surface area contributed by atoms with Crippen molar-refractivity contribution < 1.29 is 18.3 Å². The number of hydrogen-bond acceptors (Lipinski definition) is 5. The number of halogens is 2. The number of aromatic nitrogens is 2. The standard InChI is InChI=1S/C19H16F2N4O3/c1-11(12-7-5-6-10-15(12)28-19(20)21)22-23-17(26)16-13-8-3-4-9-14(13)18(27)25(2)24-16/h3-10,19H,1-2H3,(H,23,26)/b22-11+. The average molecular weight is 386 g/mol. The van der Waals surface area contributed by atoms with Gasteiger partial charge in [0.05, 0.1) is 11.1 Å². The van der Waals surface area contributed by atoms with Crippen molar-refractivity contribution in [1.82, 2.24) is 15.2 Å². The Morgan fingerprint density at radius 3 is 2.50 bits per heavy atom. The van der Waals surface area contributed by atoms with Crippen LogP contribution in [0.3, 0.4) is 0 Å². The van der Waals surface area contributed by atoms with Crippen molar-refractivity contribution in [2.24, 2.45) is 12.1 Å². The van der Waals surface area contributed by atoms with Crippen LogP contribution in [0.2, 0.25) is 0 Å². The number of nitrogens with zero attached hydrogens (tertiary/aromatic N) is 3. The molecule has 0 aliphatic carbocycles. The molecule has 3 aromatic rings. The number of aryl methyl sites for hydroxylation is 1. The zero-order valence-electron chi connectivity index (χ0n) is 15.0. The molecule has 0 aliphatic heterocycles. The predicted molar refractivity (Wildman–Crippen MR) is 99.7 cm³/mol. The maximum absolute atomic E-state index is 12.6. The summed E-state index contributed by atoms with van der Waals surface area (Å²) in [5.41, 5.74) is 2.61. The highest BCUT2D eigenvalue weighted by Gasteiger charge is 2.16. The molecule has 0 atom stereocenters. The quantitative estimate of drug-likeness (QED) is 0.540. The minimum atomic E-state index is -2.98. The number of fused-ring (bicyclic) bond motifs is 1. The summed E-state index contributed by atoms with van der Waals surface area (Å²) in [7, 11) is 1.44. The molecule has 1 amide bonds. The molecule has 1 heterocycles. The van der Waals surface area contributed by atoms with Crippen molar-refractivity contribution in [3.8, 4) is 5.75 Å². The zero-order chi connectivity index (χ0) is 20.3. The first-order valence-electron chi connectivity index (χ1n) is 8.23. The third-order valence-corrected chi connectivity index (χ3v) is 3.99. The molecular weight excluding hydrogens is 370 g/mol. The molecule has 0 spiro atoms. The van der Waals surface area contributed by atoms with Gasteiger partial charge in [0.25, 0.3) is 11.5 Å². The Morgan fingerprint density at radius 2 is 1.79 bits per heavy atom. The molecule has 0 fully saturated rings. The average Bonchev–Trinajstić information content (AvgIpc) is 2.68. The summed E-state index contributed by atoms with van der Waals surface area (Å²) in [6.45, 7) is -1.44. The molecule has 144 valence electrons. The third kappa shape index (κ3) is 3.88. The van der Waals surface area contributed by atoms with Crippen LogP contribution in [0.25, 0.3) is 10.8 Å². The number of hydrogen-bond donors (Lipinski definition) is 1. The van der Waals surface area contributed by atoms with Gasteiger partial charge in [-0.3, -0.25) is 9.59 Å². The Labute approximate surface area is 158 Å². The van der Waals surface area contributed by atoms with Crippen LogP contribution < -0.4 is 15.7 Å². The van der Waals surface area contributed by atoms with E-state index in [1.165, 1.54) is 13.1 Å². The number of benzene rings is 2. The van der Waals surface area contributed by atoms with Gasteiger partial charge in [-0.15, -0.1) is 0 Å². The number of amides is 1. The largest absolute Gasteiger partial charge is 0.434 e. The van der Waals surface area contributed by atoms with E-state index in [2.05, 4.69) is 20.4 Å². The number of alkyl halides is 2. The summed E-state index contributed by atoms with van der Waals surface area (Å²) in [5, 5.41) is 8.70. The van der Waals surface area contributed by atoms with Gasteiger partial charge in [0.2, 0.25) is 0 Å². The summed E-state index contributed by atoms with van der Waals surface area (Å²) >= 11 is 0. The highest BCUT2D eigenvalue weighted by Crippen LogP contribution is 2.21. The van der Waals surface area contributed by atoms with Crippen molar-refractivity contribution in [1.29, 1.82) is 0 Å². The molecule has 0 saturated heterocycles. The van der Waals surface area contributed by atoms with Gasteiger partial charge in [-0.2, -0.15) is 19.0 Å². The molecule has 0 saturated carbocycles. The monoisotopic (exact) mass is 386 g/mol. The topological polar surface area (TPSA) is 85.6 Å². The van der Waals surface area contributed by atoms with Gasteiger partial charge in [-0.1, -0.05) is 30.3 Å². The molecule has 7 nitrogen and oxygen atoms in total. The molecule has 1 aromatic heterocycles. The van der Waals surface area contributed by atoms with E-state index >= 15 is 0 Å². The number of carbonyl (C=O) groups excluding carboxylic acids is 1. The lowest BCUT2D eigenvalue weighted by Crippen LogP contribution is -2.27. The first-order valence-corrected chi connectivity index (χ1v) is 8.23. The van der Waals surface area contributed by atoms with Crippen molar-refractivity contribution in [2.45, 2.75) is 13.5 Å². The van der Waals surface area contributed by atoms with E-state index < -0.39 is 12.5 Å². The van der Waals surface area contributed by atoms with E-state index in [1.807, 2.05) is 0 Å². The molecule has 1 N–H and O–H groups in total. The van der Waals surface area contributed by atoms with Gasteiger partial charge in [0.15, 0.2) is 5.69 Å². The molecule has 0 unspecified atom stereocenters. The third-order valence-electron chi connectivity index (χ3n) is 3.99. The number of nitrogens with one attached hydrogen (secondary N) is 1. The Balaban J connectivity index is 1.92. The summed E-state index contributed by atoms with van der Waals surface area (Å²) in [5.74, 6) is -0.697. The van der Waals surface area contributed by atoms with Crippen LogP contribution in [0.4, 0.5) is 8.78 Å². The number of hydrazone groups is 1. The van der Waals surface area contributed by atoms with Gasteiger partial charge in [0, 0.05) is 18.0 Å². The van der Waals surface area contributed by atoms with Crippen LogP contribution in [0.5, 0.6) is 5.75 Å². The Kier molecular flexibility index (Phi) is 5.44. The van der Waals surface area contributed by atoms with Gasteiger partial charge in [-0.25, -0.2) is 10.1 Å². The Morgan fingerprint density at radius 1 is 1.14 bits per heavy atom. The summed E-state index contributed by atoms with van der Waals surface area (Å²) < 4.78 is 30.6. The summed E-state index contributed by atoms with van der Waals surface area (Å²) in [4.78, 5) is 24.7. The second-order valence-electron chi connectivity index (χ2n) is 5.84. The van der Waals surface area contributed by atoms with Crippen LogP contribution in [-0.2, 0) is 7.05 Å². The van der Waals surface area contributed by atoms with Crippen molar-refractivity contribution in [3.05, 3.63) is 70.1 Å². The normalized spacial score (nSPS) is 11.7. The van der Waals surface area contributed by atoms with Gasteiger partial charge in [0.1, 0.15) is 5.75 Å². The fourth-order valence-electron chi connectivity index (χ4n) is 2.68. The predicted octanol–water partition coefficient (Wildman–Crippen LogP) is 2.69. The number of carbonyl (C=O) groups is 1. The van der Waals surface area contributed by atoms with Crippen LogP contribution in [0, 0.1) is 0 Å². The fourth-order valence-corrected chi connectivity index (χ4v) is 2.68. The van der Waals surface area contributed by atoms with Crippen LogP contribution in [0.1, 0.15) is 23.0 Å². The maximum Gasteiger partial charge on any atom is 0.387 e. The molecule has 9 heteroatoms. The highest BCUT2D eigenvalue weighted by molar-refractivity contribution is 6.06. The molecule has 0 radical (unpaired) electrons. The smallest absolute Gasteiger partial charge is 0.387 e. The summed E-state index contributed by atoms with van der Waals surface area (Å²) in [6, 6.07) is 12.7. The molecular formula is C19H16F2N4O3. The molecule has 3 rings (SSSR count). The fraction of sp³-hybridized carbons (Fsp3) is 0.158. The number of ether oxygens (including phenoxy) is 1. The van der Waals surface area contributed by atoms with E-state index in [-0.39, 0.29) is 22.7 Å². The lowest BCUT2D eigenvalue weighted by Gasteiger charge is -2.10. The Hall–Kier alpha value is -3.62. The van der Waals surface area contributed by atoms with E-state index in [1.54, 1.807) is 49.4 Å². The van der Waals surface area contributed by atoms with E-state index in [0.717, 1.165) is 4.68 Å². The van der Waals surface area contributed by atoms with Gasteiger partial charge < -0.3 is 4.74 Å². The molecule has 28 heavy (non-hydrogen) atoms. The lowest BCUT2D eigenvalue weighted by atomic mass is 10.1. The minimum Gasteiger partial charge on any atom is -0.434 e.